The standard InChI is InChI=1S/C8H14N2O2/c1-3-11-8-5-6-9-7-10(8)12-4-2/h5-8H,3-4H2,1-2H3. The van der Waals surface area contributed by atoms with Crippen molar-refractivity contribution in [1.82, 2.24) is 5.06 Å². The average molecular weight is 170 g/mol. The van der Waals surface area contributed by atoms with Crippen LogP contribution in [0.1, 0.15) is 13.8 Å². The van der Waals surface area contributed by atoms with E-state index in [0.717, 1.165) is 0 Å². The molecule has 0 fully saturated rings. The minimum atomic E-state index is -0.132. The van der Waals surface area contributed by atoms with Crippen LogP contribution in [0.25, 0.3) is 0 Å². The molecule has 0 aliphatic carbocycles. The number of ether oxygens (including phenoxy) is 1. The fraction of sp³-hybridized carbons (Fsp3) is 0.625. The third-order valence-corrected chi connectivity index (χ3v) is 1.38. The predicted molar refractivity (Wildman–Crippen MR) is 46.5 cm³/mol. The van der Waals surface area contributed by atoms with E-state index in [2.05, 4.69) is 4.99 Å². The first-order chi connectivity index (χ1) is 5.88. The molecule has 1 aliphatic rings. The van der Waals surface area contributed by atoms with Crippen LogP contribution in [-0.4, -0.2) is 30.8 Å². The molecule has 1 heterocycles. The third kappa shape index (κ3) is 2.32. The minimum Gasteiger partial charge on any atom is -0.353 e. The molecule has 0 spiro atoms. The summed E-state index contributed by atoms with van der Waals surface area (Å²) in [7, 11) is 0. The summed E-state index contributed by atoms with van der Waals surface area (Å²) >= 11 is 0. The molecule has 0 bridgehead atoms. The fourth-order valence-electron chi connectivity index (χ4n) is 0.934. The fourth-order valence-corrected chi connectivity index (χ4v) is 0.934. The summed E-state index contributed by atoms with van der Waals surface area (Å²) < 4.78 is 5.37. The summed E-state index contributed by atoms with van der Waals surface area (Å²) in [5, 5.41) is 1.60. The smallest absolute Gasteiger partial charge is 0.176 e. The van der Waals surface area contributed by atoms with E-state index in [0.29, 0.717) is 13.2 Å². The van der Waals surface area contributed by atoms with Crippen LogP contribution < -0.4 is 0 Å². The summed E-state index contributed by atoms with van der Waals surface area (Å²) in [6, 6.07) is 0. The van der Waals surface area contributed by atoms with Crippen molar-refractivity contribution in [2.24, 2.45) is 4.99 Å². The van der Waals surface area contributed by atoms with E-state index in [-0.39, 0.29) is 6.23 Å². The van der Waals surface area contributed by atoms with Crippen molar-refractivity contribution >= 4 is 6.34 Å². The quantitative estimate of drug-likeness (QED) is 0.635. The van der Waals surface area contributed by atoms with Crippen molar-refractivity contribution in [3.8, 4) is 0 Å². The molecule has 1 rings (SSSR count). The van der Waals surface area contributed by atoms with Crippen LogP contribution in [0.15, 0.2) is 17.3 Å². The molecule has 0 aromatic carbocycles. The molecule has 4 heteroatoms. The van der Waals surface area contributed by atoms with Crippen molar-refractivity contribution < 1.29 is 9.57 Å². The van der Waals surface area contributed by atoms with Gasteiger partial charge in [0.05, 0.1) is 6.61 Å². The molecular formula is C8H14N2O2. The van der Waals surface area contributed by atoms with Gasteiger partial charge >= 0.3 is 0 Å². The topological polar surface area (TPSA) is 34.1 Å². The highest BCUT2D eigenvalue weighted by Gasteiger charge is 2.14. The van der Waals surface area contributed by atoms with E-state index in [4.69, 9.17) is 9.57 Å². The second kappa shape index (κ2) is 4.90. The van der Waals surface area contributed by atoms with E-state index in [9.17, 15) is 0 Å². The highest BCUT2D eigenvalue weighted by molar-refractivity contribution is 5.56. The monoisotopic (exact) mass is 170 g/mol. The SMILES string of the molecule is CCOC1C=CN=CN1OCC. The van der Waals surface area contributed by atoms with Crippen LogP contribution in [0.3, 0.4) is 0 Å². The van der Waals surface area contributed by atoms with Gasteiger partial charge in [-0.2, -0.15) is 0 Å². The van der Waals surface area contributed by atoms with Gasteiger partial charge in [0.2, 0.25) is 0 Å². The van der Waals surface area contributed by atoms with E-state index in [1.165, 1.54) is 0 Å². The molecule has 12 heavy (non-hydrogen) atoms. The van der Waals surface area contributed by atoms with Gasteiger partial charge in [0.15, 0.2) is 6.23 Å². The lowest BCUT2D eigenvalue weighted by Gasteiger charge is -2.26. The summed E-state index contributed by atoms with van der Waals surface area (Å²) in [5.41, 5.74) is 0. The van der Waals surface area contributed by atoms with Gasteiger partial charge in [0.25, 0.3) is 0 Å². The number of nitrogens with zero attached hydrogens (tertiary/aromatic N) is 2. The number of hydroxylamine groups is 2. The van der Waals surface area contributed by atoms with Crippen LogP contribution in [0.5, 0.6) is 0 Å². The van der Waals surface area contributed by atoms with Gasteiger partial charge in [-0.3, -0.25) is 4.84 Å². The lowest BCUT2D eigenvalue weighted by molar-refractivity contribution is -0.180. The summed E-state index contributed by atoms with van der Waals surface area (Å²) in [6.07, 6.45) is 5.03. The second-order valence-electron chi connectivity index (χ2n) is 2.23. The summed E-state index contributed by atoms with van der Waals surface area (Å²) in [5.74, 6) is 0. The van der Waals surface area contributed by atoms with Crippen LogP contribution in [0.4, 0.5) is 0 Å². The van der Waals surface area contributed by atoms with Crippen molar-refractivity contribution in [3.05, 3.63) is 12.3 Å². The molecule has 0 aromatic heterocycles. The van der Waals surface area contributed by atoms with Crippen molar-refractivity contribution in [3.63, 3.8) is 0 Å². The van der Waals surface area contributed by atoms with Crippen LogP contribution in [0, 0.1) is 0 Å². The number of aliphatic imine (C=N–C) groups is 1. The molecule has 1 atom stereocenters. The van der Waals surface area contributed by atoms with Crippen molar-refractivity contribution in [2.45, 2.75) is 20.1 Å². The molecular weight excluding hydrogens is 156 g/mol. The van der Waals surface area contributed by atoms with Gasteiger partial charge in [0, 0.05) is 12.8 Å². The first-order valence-corrected chi connectivity index (χ1v) is 4.11. The Morgan fingerprint density at radius 1 is 1.42 bits per heavy atom. The largest absolute Gasteiger partial charge is 0.353 e. The number of hydrogen-bond acceptors (Lipinski definition) is 4. The zero-order valence-electron chi connectivity index (χ0n) is 7.43. The zero-order valence-corrected chi connectivity index (χ0v) is 7.43. The van der Waals surface area contributed by atoms with Gasteiger partial charge in [-0.15, -0.1) is 0 Å². The average Bonchev–Trinajstić information content (AvgIpc) is 2.09. The minimum absolute atomic E-state index is 0.132. The molecule has 0 saturated carbocycles. The van der Waals surface area contributed by atoms with E-state index >= 15 is 0 Å². The highest BCUT2D eigenvalue weighted by Crippen LogP contribution is 2.06. The van der Waals surface area contributed by atoms with Gasteiger partial charge in [-0.1, -0.05) is 0 Å². The Hall–Kier alpha value is -0.870. The highest BCUT2D eigenvalue weighted by atomic mass is 16.7. The number of rotatable bonds is 4. The first kappa shape index (κ1) is 9.22. The van der Waals surface area contributed by atoms with Crippen LogP contribution in [-0.2, 0) is 9.57 Å². The third-order valence-electron chi connectivity index (χ3n) is 1.38. The molecule has 0 aromatic rings. The Balaban J connectivity index is 2.45. The van der Waals surface area contributed by atoms with E-state index in [1.807, 2.05) is 19.9 Å². The molecule has 4 nitrogen and oxygen atoms in total. The normalized spacial score (nSPS) is 21.8. The molecule has 0 saturated heterocycles. The lowest BCUT2D eigenvalue weighted by atomic mass is 10.5. The van der Waals surface area contributed by atoms with Crippen LogP contribution >= 0.6 is 0 Å². The van der Waals surface area contributed by atoms with Crippen molar-refractivity contribution in [1.29, 1.82) is 0 Å². The molecule has 68 valence electrons. The molecule has 0 N–H and O–H groups in total. The van der Waals surface area contributed by atoms with Crippen LogP contribution in [0.2, 0.25) is 0 Å². The van der Waals surface area contributed by atoms with Gasteiger partial charge in [0.1, 0.15) is 6.34 Å². The maximum atomic E-state index is 5.37. The van der Waals surface area contributed by atoms with E-state index < -0.39 is 0 Å². The maximum absolute atomic E-state index is 5.37. The zero-order chi connectivity index (χ0) is 8.81. The van der Waals surface area contributed by atoms with Crippen molar-refractivity contribution in [2.75, 3.05) is 13.2 Å². The number of hydrogen-bond donors (Lipinski definition) is 0. The maximum Gasteiger partial charge on any atom is 0.176 e. The first-order valence-electron chi connectivity index (χ1n) is 4.11. The Labute approximate surface area is 72.4 Å². The molecule has 1 unspecified atom stereocenters. The Morgan fingerprint density at radius 2 is 2.25 bits per heavy atom. The van der Waals surface area contributed by atoms with Gasteiger partial charge < -0.3 is 4.74 Å². The molecule has 1 aliphatic heterocycles. The Kier molecular flexibility index (Phi) is 3.76. The summed E-state index contributed by atoms with van der Waals surface area (Å²) in [4.78, 5) is 9.18. The molecule has 0 radical (unpaired) electrons. The molecule has 0 amide bonds. The second-order valence-corrected chi connectivity index (χ2v) is 2.23. The Bertz CT molecular complexity index is 160. The summed E-state index contributed by atoms with van der Waals surface area (Å²) in [6.45, 7) is 5.15. The van der Waals surface area contributed by atoms with E-state index in [1.54, 1.807) is 17.6 Å². The lowest BCUT2D eigenvalue weighted by Crippen LogP contribution is -2.36. The van der Waals surface area contributed by atoms with Gasteiger partial charge in [-0.25, -0.2) is 10.1 Å². The Morgan fingerprint density at radius 3 is 2.92 bits per heavy atom. The predicted octanol–water partition coefficient (Wildman–Crippen LogP) is 1.16. The van der Waals surface area contributed by atoms with Gasteiger partial charge in [-0.05, 0) is 19.9 Å².